The molecule has 0 unspecified atom stereocenters. The van der Waals surface area contributed by atoms with E-state index in [4.69, 9.17) is 21.1 Å². The first kappa shape index (κ1) is 29.6. The van der Waals surface area contributed by atoms with E-state index in [1.54, 1.807) is 37.8 Å². The van der Waals surface area contributed by atoms with Gasteiger partial charge >= 0.3 is 12.1 Å². The first-order chi connectivity index (χ1) is 19.4. The summed E-state index contributed by atoms with van der Waals surface area (Å²) in [6, 6.07) is 10.6. The van der Waals surface area contributed by atoms with Gasteiger partial charge in [0.2, 0.25) is 5.43 Å². The molecule has 216 valence electrons. The van der Waals surface area contributed by atoms with E-state index in [1.165, 1.54) is 37.4 Å². The Morgan fingerprint density at radius 2 is 1.71 bits per heavy atom. The minimum atomic E-state index is -0.937. The predicted octanol–water partition coefficient (Wildman–Crippen LogP) is 4.29. The van der Waals surface area contributed by atoms with E-state index in [2.05, 4.69) is 10.4 Å². The molecule has 0 radical (unpaired) electrons. The highest BCUT2D eigenvalue weighted by Gasteiger charge is 2.32. The molecular weight excluding hydrogens is 552 g/mol. The monoisotopic (exact) mass is 582 g/mol. The molecule has 2 N–H and O–H groups in total. The number of aromatic amines is 1. The molecule has 2 heterocycles. The molecule has 3 amide bonds. The van der Waals surface area contributed by atoms with E-state index < -0.39 is 40.5 Å². The van der Waals surface area contributed by atoms with Crippen molar-refractivity contribution in [3.8, 4) is 0 Å². The number of hydrazine groups is 1. The minimum Gasteiger partial charge on any atom is -0.465 e. The fraction of sp³-hybridized carbons (Fsp3) is 0.345. The number of amides is 3. The molecule has 0 aliphatic carbocycles. The van der Waals surface area contributed by atoms with Crippen LogP contribution in [0.15, 0.2) is 47.3 Å². The number of H-pyrrole nitrogens is 1. The molecule has 0 bridgehead atoms. The zero-order chi connectivity index (χ0) is 29.9. The quantitative estimate of drug-likeness (QED) is 0.338. The second-order valence-corrected chi connectivity index (χ2v) is 11.0. The van der Waals surface area contributed by atoms with E-state index in [0.29, 0.717) is 29.2 Å². The van der Waals surface area contributed by atoms with Crippen LogP contribution in [-0.2, 0) is 16.0 Å². The van der Waals surface area contributed by atoms with Gasteiger partial charge in [-0.2, -0.15) is 0 Å². The Hall–Kier alpha value is -4.38. The van der Waals surface area contributed by atoms with Crippen molar-refractivity contribution < 1.29 is 28.7 Å². The largest absolute Gasteiger partial charge is 0.465 e. The standard InChI is InChI=1S/C29H31ClN4O7/c1-29(2,3)41-28(39)32-34(16-17-7-9-18(10-8-17)27(38)40-4)25(36)22-23(26(37)33-13-5-6-14-33)31-21-15-19(30)11-12-20(21)24(22)35/h7-12,15H,5-6,13-14,16H2,1-4H3,(H,31,35)(H,32,39). The number of nitrogens with zero attached hydrogens (tertiary/aromatic N) is 2. The second kappa shape index (κ2) is 12.0. The van der Waals surface area contributed by atoms with Crippen LogP contribution >= 0.6 is 11.6 Å². The number of pyridine rings is 1. The molecule has 1 aliphatic rings. The molecule has 41 heavy (non-hydrogen) atoms. The molecule has 1 aliphatic heterocycles. The summed E-state index contributed by atoms with van der Waals surface area (Å²) in [6.45, 7) is 5.74. The Kier molecular flexibility index (Phi) is 8.67. The molecule has 0 atom stereocenters. The number of carbonyl (C=O) groups excluding carboxylic acids is 4. The Balaban J connectivity index is 1.80. The summed E-state index contributed by atoms with van der Waals surface area (Å²) in [5, 5.41) is 1.40. The maximum Gasteiger partial charge on any atom is 0.426 e. The molecule has 2 aromatic carbocycles. The van der Waals surface area contributed by atoms with E-state index >= 15 is 0 Å². The fourth-order valence-corrected chi connectivity index (χ4v) is 4.63. The molecule has 4 rings (SSSR count). The van der Waals surface area contributed by atoms with Gasteiger partial charge in [0, 0.05) is 23.5 Å². The van der Waals surface area contributed by atoms with Crippen LogP contribution in [-0.4, -0.2) is 64.6 Å². The van der Waals surface area contributed by atoms with Gasteiger partial charge in [-0.3, -0.25) is 14.4 Å². The highest BCUT2D eigenvalue weighted by Crippen LogP contribution is 2.21. The van der Waals surface area contributed by atoms with Crippen molar-refractivity contribution in [3.05, 3.63) is 80.1 Å². The average molecular weight is 583 g/mol. The Morgan fingerprint density at radius 3 is 2.32 bits per heavy atom. The van der Waals surface area contributed by atoms with Gasteiger partial charge in [-0.05, 0) is 69.5 Å². The number of likely N-dealkylation sites (tertiary alicyclic amines) is 1. The van der Waals surface area contributed by atoms with Crippen molar-refractivity contribution in [2.45, 2.75) is 45.8 Å². The zero-order valence-corrected chi connectivity index (χ0v) is 24.0. The third kappa shape index (κ3) is 6.86. The first-order valence-electron chi connectivity index (χ1n) is 13.0. The van der Waals surface area contributed by atoms with Crippen molar-refractivity contribution in [2.24, 2.45) is 0 Å². The van der Waals surface area contributed by atoms with Crippen molar-refractivity contribution in [2.75, 3.05) is 20.2 Å². The lowest BCUT2D eigenvalue weighted by atomic mass is 10.1. The Labute approximate surface area is 241 Å². The van der Waals surface area contributed by atoms with Crippen LogP contribution in [0.3, 0.4) is 0 Å². The van der Waals surface area contributed by atoms with Crippen LogP contribution in [0.1, 0.15) is 70.4 Å². The second-order valence-electron chi connectivity index (χ2n) is 10.6. The molecule has 1 aromatic heterocycles. The Bertz CT molecular complexity index is 1550. The maximum atomic E-state index is 14.1. The predicted molar refractivity (Wildman–Crippen MR) is 152 cm³/mol. The number of rotatable bonds is 5. The van der Waals surface area contributed by atoms with Gasteiger partial charge in [-0.15, -0.1) is 0 Å². The summed E-state index contributed by atoms with van der Waals surface area (Å²) in [5.41, 5.74) is 1.32. The van der Waals surface area contributed by atoms with Gasteiger partial charge in [0.15, 0.2) is 0 Å². The van der Waals surface area contributed by atoms with Crippen LogP contribution in [0.5, 0.6) is 0 Å². The molecule has 11 nitrogen and oxygen atoms in total. The Morgan fingerprint density at radius 1 is 1.05 bits per heavy atom. The number of fused-ring (bicyclic) bond motifs is 1. The van der Waals surface area contributed by atoms with Crippen LogP contribution < -0.4 is 10.9 Å². The zero-order valence-electron chi connectivity index (χ0n) is 23.2. The highest BCUT2D eigenvalue weighted by molar-refractivity contribution is 6.31. The summed E-state index contributed by atoms with van der Waals surface area (Å²) < 4.78 is 10.1. The topological polar surface area (TPSA) is 138 Å². The summed E-state index contributed by atoms with van der Waals surface area (Å²) in [5.74, 6) is -1.97. The third-order valence-electron chi connectivity index (χ3n) is 6.37. The number of ether oxygens (including phenoxy) is 2. The fourth-order valence-electron chi connectivity index (χ4n) is 4.46. The van der Waals surface area contributed by atoms with Gasteiger partial charge in [-0.25, -0.2) is 20.0 Å². The van der Waals surface area contributed by atoms with Gasteiger partial charge in [0.1, 0.15) is 16.9 Å². The van der Waals surface area contributed by atoms with Crippen LogP contribution in [0, 0.1) is 0 Å². The van der Waals surface area contributed by atoms with Crippen molar-refractivity contribution >= 4 is 46.4 Å². The van der Waals surface area contributed by atoms with Gasteiger partial charge in [-0.1, -0.05) is 23.7 Å². The maximum absolute atomic E-state index is 14.1. The van der Waals surface area contributed by atoms with Crippen LogP contribution in [0.25, 0.3) is 10.9 Å². The number of aromatic nitrogens is 1. The molecule has 1 fully saturated rings. The normalized spacial score (nSPS) is 13.1. The van der Waals surface area contributed by atoms with Gasteiger partial charge in [0.25, 0.3) is 11.8 Å². The molecule has 12 heteroatoms. The number of halogens is 1. The third-order valence-corrected chi connectivity index (χ3v) is 6.61. The number of carbonyl (C=O) groups is 4. The van der Waals surface area contributed by atoms with E-state index in [1.807, 2.05) is 0 Å². The number of hydrogen-bond donors (Lipinski definition) is 2. The molecule has 0 saturated carbocycles. The molecule has 0 spiro atoms. The van der Waals surface area contributed by atoms with Crippen molar-refractivity contribution in [1.29, 1.82) is 0 Å². The number of esters is 1. The van der Waals surface area contributed by atoms with Crippen LogP contribution in [0.4, 0.5) is 4.79 Å². The lowest BCUT2D eigenvalue weighted by Crippen LogP contribution is -2.49. The lowest BCUT2D eigenvalue weighted by molar-refractivity contribution is 0.0280. The number of methoxy groups -OCH3 is 1. The number of nitrogens with one attached hydrogen (secondary N) is 2. The summed E-state index contributed by atoms with van der Waals surface area (Å²) in [7, 11) is 1.26. The van der Waals surface area contributed by atoms with E-state index in [-0.39, 0.29) is 23.2 Å². The molecule has 1 saturated heterocycles. The van der Waals surface area contributed by atoms with Crippen molar-refractivity contribution in [3.63, 3.8) is 0 Å². The van der Waals surface area contributed by atoms with Gasteiger partial charge < -0.3 is 19.4 Å². The average Bonchev–Trinajstić information content (AvgIpc) is 3.46. The molecule has 3 aromatic rings. The lowest BCUT2D eigenvalue weighted by Gasteiger charge is -2.27. The number of hydrogen-bond acceptors (Lipinski definition) is 7. The van der Waals surface area contributed by atoms with E-state index in [9.17, 15) is 24.0 Å². The van der Waals surface area contributed by atoms with Crippen LogP contribution in [0.2, 0.25) is 5.02 Å². The summed E-state index contributed by atoms with van der Waals surface area (Å²) in [6.07, 6.45) is 0.660. The highest BCUT2D eigenvalue weighted by atomic mass is 35.5. The first-order valence-corrected chi connectivity index (χ1v) is 13.4. The SMILES string of the molecule is COC(=O)c1ccc(CN(NC(=O)OC(C)(C)C)C(=O)c2c(C(=O)N3CCCC3)[nH]c3cc(Cl)ccc3c2=O)cc1. The van der Waals surface area contributed by atoms with Crippen molar-refractivity contribution in [1.82, 2.24) is 20.3 Å². The van der Waals surface area contributed by atoms with E-state index in [0.717, 1.165) is 17.9 Å². The smallest absolute Gasteiger partial charge is 0.426 e. The minimum absolute atomic E-state index is 0.148. The number of benzene rings is 2. The van der Waals surface area contributed by atoms with Gasteiger partial charge in [0.05, 0.1) is 24.7 Å². The summed E-state index contributed by atoms with van der Waals surface area (Å²) in [4.78, 5) is 70.6. The summed E-state index contributed by atoms with van der Waals surface area (Å²) >= 11 is 6.14. The molecular formula is C29H31ClN4O7.